The van der Waals surface area contributed by atoms with Crippen molar-refractivity contribution in [1.82, 2.24) is 4.81 Å². The molecule has 0 saturated carbocycles. The molecule has 4 nitrogen and oxygen atoms in total. The fraction of sp³-hybridized carbons (Fsp3) is 0.474. The number of methoxy groups -OCH3 is 2. The van der Waals surface area contributed by atoms with E-state index in [0.29, 0.717) is 0 Å². The Morgan fingerprint density at radius 2 is 1.75 bits per heavy atom. The molecule has 127 valence electrons. The van der Waals surface area contributed by atoms with Crippen LogP contribution in [0.3, 0.4) is 0 Å². The van der Waals surface area contributed by atoms with Crippen LogP contribution in [0, 0.1) is 19.3 Å². The van der Waals surface area contributed by atoms with E-state index in [1.807, 2.05) is 0 Å². The molecular formula is C19H27BN2O2+. The topological polar surface area (TPSA) is 27.4 Å². The lowest BCUT2D eigenvalue weighted by molar-refractivity contribution is -0.396. The Labute approximate surface area is 146 Å². The van der Waals surface area contributed by atoms with Crippen molar-refractivity contribution in [2.24, 2.45) is 0 Å². The molecule has 5 radical (unpaired) electrons. The zero-order valence-electron chi connectivity index (χ0n) is 15.6. The van der Waals surface area contributed by atoms with Crippen LogP contribution in [0.15, 0.2) is 12.1 Å². The molecule has 0 aliphatic carbocycles. The first-order chi connectivity index (χ1) is 11.4. The highest BCUT2D eigenvalue weighted by atomic mass is 16.5. The first-order valence-electron chi connectivity index (χ1n) is 8.52. The van der Waals surface area contributed by atoms with Gasteiger partial charge in [0.25, 0.3) is 0 Å². The summed E-state index contributed by atoms with van der Waals surface area (Å²) in [6, 6.07) is 4.23. The highest BCUT2D eigenvalue weighted by molar-refractivity contribution is 6.56. The molecule has 1 aromatic carbocycles. The third-order valence-corrected chi connectivity index (χ3v) is 4.96. The highest BCUT2D eigenvalue weighted by Crippen LogP contribution is 2.33. The van der Waals surface area contributed by atoms with Crippen LogP contribution in [0.5, 0.6) is 11.5 Å². The molecule has 3 rings (SSSR count). The largest absolute Gasteiger partial charge is 0.522 e. The SMILES string of the molecule is COc1cc2c(cc1OC)C(C)=[N+]([B-]1[CH][CH][CH][N+]1C(C)(C)C)CC2. The molecule has 5 heteroatoms. The van der Waals surface area contributed by atoms with Gasteiger partial charge in [0, 0.05) is 25.3 Å². The second-order valence-electron chi connectivity index (χ2n) is 7.42. The van der Waals surface area contributed by atoms with E-state index in [9.17, 15) is 0 Å². The summed E-state index contributed by atoms with van der Waals surface area (Å²) < 4.78 is 13.4. The van der Waals surface area contributed by atoms with Crippen molar-refractivity contribution >= 4 is 12.7 Å². The average molecular weight is 326 g/mol. The summed E-state index contributed by atoms with van der Waals surface area (Å²) in [5.74, 6) is 1.60. The lowest BCUT2D eigenvalue weighted by atomic mass is 9.68. The molecule has 0 atom stereocenters. The van der Waals surface area contributed by atoms with Crippen LogP contribution < -0.4 is 14.3 Å². The maximum Gasteiger partial charge on any atom is 0.522 e. The van der Waals surface area contributed by atoms with Gasteiger partial charge in [-0.15, -0.1) is 0 Å². The zero-order valence-corrected chi connectivity index (χ0v) is 15.6. The monoisotopic (exact) mass is 326 g/mol. The summed E-state index contributed by atoms with van der Waals surface area (Å²) in [5.41, 5.74) is 3.96. The second kappa shape index (κ2) is 6.43. The maximum absolute atomic E-state index is 5.50. The number of hydrogen-bond donors (Lipinski definition) is 0. The summed E-state index contributed by atoms with van der Waals surface area (Å²) in [7, 11) is 3.38. The summed E-state index contributed by atoms with van der Waals surface area (Å²) in [6.45, 7) is 12.4. The van der Waals surface area contributed by atoms with E-state index in [1.165, 1.54) is 16.8 Å². The minimum atomic E-state index is 0.0896. The molecule has 2 aliphatic rings. The normalized spacial score (nSPS) is 19.6. The van der Waals surface area contributed by atoms with Crippen molar-refractivity contribution in [3.63, 3.8) is 0 Å². The van der Waals surface area contributed by atoms with Crippen molar-refractivity contribution < 1.29 is 14.0 Å². The van der Waals surface area contributed by atoms with E-state index in [-0.39, 0.29) is 12.5 Å². The molecule has 2 aliphatic heterocycles. The van der Waals surface area contributed by atoms with Gasteiger partial charge in [0.1, 0.15) is 12.3 Å². The van der Waals surface area contributed by atoms with Crippen molar-refractivity contribution in [2.75, 3.05) is 20.8 Å². The Kier molecular flexibility index (Phi) is 4.65. The molecule has 24 heavy (non-hydrogen) atoms. The fourth-order valence-electron chi connectivity index (χ4n) is 3.66. The van der Waals surface area contributed by atoms with Gasteiger partial charge < -0.3 is 18.8 Å². The van der Waals surface area contributed by atoms with Crippen LogP contribution in [0.25, 0.3) is 0 Å². The second-order valence-corrected chi connectivity index (χ2v) is 7.42. The maximum atomic E-state index is 5.50. The van der Waals surface area contributed by atoms with Gasteiger partial charge in [-0.3, -0.25) is 0 Å². The van der Waals surface area contributed by atoms with Gasteiger partial charge in [-0.2, -0.15) is 0 Å². The standard InChI is InChI=1S/C19H27BN2O2/c1-14-16-13-18(24-6)17(23-5)12-15(16)8-11-21(14)20-9-7-10-22(20)19(2,3)4/h7,9-10,12-13H,8,11H2,1-6H3/q+1. The molecule has 1 saturated heterocycles. The van der Waals surface area contributed by atoms with Gasteiger partial charge in [-0.05, 0) is 38.5 Å². The Hall–Kier alpha value is -1.49. The number of fused-ring (bicyclic) bond motifs is 1. The van der Waals surface area contributed by atoms with Crippen LogP contribution in [-0.2, 0) is 6.42 Å². The highest BCUT2D eigenvalue weighted by Gasteiger charge is 2.46. The minimum absolute atomic E-state index is 0.0896. The van der Waals surface area contributed by atoms with Crippen molar-refractivity contribution in [1.29, 1.82) is 0 Å². The van der Waals surface area contributed by atoms with Crippen LogP contribution in [-0.4, -0.2) is 43.5 Å². The first kappa shape index (κ1) is 17.3. The molecule has 0 unspecified atom stereocenters. The Morgan fingerprint density at radius 3 is 2.38 bits per heavy atom. The van der Waals surface area contributed by atoms with E-state index >= 15 is 0 Å². The van der Waals surface area contributed by atoms with Gasteiger partial charge in [0.2, 0.25) is 0 Å². The molecule has 1 fully saturated rings. The number of nitrogens with zero attached hydrogens (tertiary/aromatic N) is 2. The summed E-state index contributed by atoms with van der Waals surface area (Å²) in [5, 5.41) is 0. The molecule has 2 heterocycles. The fourth-order valence-corrected chi connectivity index (χ4v) is 3.66. The van der Waals surface area contributed by atoms with Crippen LogP contribution in [0.4, 0.5) is 0 Å². The molecule has 0 aromatic heterocycles. The van der Waals surface area contributed by atoms with Gasteiger partial charge in [-0.25, -0.2) is 0 Å². The molecule has 0 N–H and O–H groups in total. The van der Waals surface area contributed by atoms with E-state index < -0.39 is 0 Å². The number of rotatable bonds is 3. The van der Waals surface area contributed by atoms with Crippen molar-refractivity contribution in [3.05, 3.63) is 42.5 Å². The Balaban J connectivity index is 2.02. The average Bonchev–Trinajstić information content (AvgIpc) is 3.03. The molecule has 0 spiro atoms. The van der Waals surface area contributed by atoms with Crippen molar-refractivity contribution in [3.8, 4) is 11.5 Å². The summed E-state index contributed by atoms with van der Waals surface area (Å²) in [4.78, 5) is 2.42. The van der Waals surface area contributed by atoms with E-state index in [1.54, 1.807) is 14.2 Å². The van der Waals surface area contributed by atoms with E-state index in [4.69, 9.17) is 9.47 Å². The molecule has 1 aromatic rings. The molecule has 0 amide bonds. The first-order valence-corrected chi connectivity index (χ1v) is 8.52. The van der Waals surface area contributed by atoms with E-state index in [2.05, 4.69) is 68.4 Å². The van der Waals surface area contributed by atoms with Gasteiger partial charge in [0.05, 0.1) is 26.3 Å². The van der Waals surface area contributed by atoms with Crippen molar-refractivity contribution in [2.45, 2.75) is 39.7 Å². The summed E-state index contributed by atoms with van der Waals surface area (Å²) >= 11 is 0. The van der Waals surface area contributed by atoms with Crippen LogP contribution in [0.1, 0.15) is 38.8 Å². The predicted octanol–water partition coefficient (Wildman–Crippen LogP) is 2.63. The van der Waals surface area contributed by atoms with Gasteiger partial charge >= 0.3 is 6.98 Å². The number of ether oxygens (including phenoxy) is 2. The Bertz CT molecular complexity index is 664. The van der Waals surface area contributed by atoms with Crippen LogP contribution in [0.2, 0.25) is 0 Å². The minimum Gasteiger partial charge on any atom is -0.493 e. The summed E-state index contributed by atoms with van der Waals surface area (Å²) in [6.07, 6.45) is 5.45. The smallest absolute Gasteiger partial charge is 0.493 e. The zero-order chi connectivity index (χ0) is 17.5. The van der Waals surface area contributed by atoms with E-state index in [0.717, 1.165) is 24.5 Å². The van der Waals surface area contributed by atoms with Gasteiger partial charge in [0.15, 0.2) is 11.5 Å². The molecule has 0 bridgehead atoms. The lowest BCUT2D eigenvalue weighted by Crippen LogP contribution is -2.58. The third kappa shape index (κ3) is 2.94. The quantitative estimate of drug-likeness (QED) is 0.799. The predicted molar refractivity (Wildman–Crippen MR) is 98.7 cm³/mol. The number of hydrogen-bond acceptors (Lipinski definition) is 3. The van der Waals surface area contributed by atoms with Crippen LogP contribution >= 0.6 is 0 Å². The lowest BCUT2D eigenvalue weighted by Gasteiger charge is -2.34. The number of benzene rings is 1. The third-order valence-electron chi connectivity index (χ3n) is 4.96. The van der Waals surface area contributed by atoms with Gasteiger partial charge in [-0.1, -0.05) is 6.32 Å². The molecular weight excluding hydrogens is 299 g/mol. The Morgan fingerprint density at radius 1 is 1.08 bits per heavy atom.